The van der Waals surface area contributed by atoms with Gasteiger partial charge in [0.15, 0.2) is 0 Å². The van der Waals surface area contributed by atoms with Crippen LogP contribution in [0.1, 0.15) is 63.9 Å². The fourth-order valence-electron chi connectivity index (χ4n) is 3.50. The molecule has 2 aromatic rings. The van der Waals surface area contributed by atoms with Gasteiger partial charge in [-0.25, -0.2) is 4.39 Å². The van der Waals surface area contributed by atoms with E-state index in [1.165, 1.54) is 25.0 Å². The van der Waals surface area contributed by atoms with Gasteiger partial charge in [-0.2, -0.15) is 8.42 Å². The Morgan fingerprint density at radius 2 is 1.77 bits per heavy atom. The van der Waals surface area contributed by atoms with Crippen LogP contribution in [0.4, 0.5) is 4.39 Å². The molecular formula is C24H30FNO4S. The summed E-state index contributed by atoms with van der Waals surface area (Å²) in [5.41, 5.74) is 0.818. The molecule has 0 heterocycles. The first kappa shape index (κ1) is 23.3. The lowest BCUT2D eigenvalue weighted by molar-refractivity contribution is -0.132. The quantitative estimate of drug-likeness (QED) is 0.321. The molecule has 2 aromatic carbocycles. The molecule has 31 heavy (non-hydrogen) atoms. The van der Waals surface area contributed by atoms with Gasteiger partial charge in [0.25, 0.3) is 0 Å². The normalized spacial score (nSPS) is 13.7. The van der Waals surface area contributed by atoms with E-state index in [9.17, 15) is 17.6 Å². The molecule has 1 aliphatic carbocycles. The standard InChI is InChI=1S/C24H30FNO4S/c1-2-3-4-5-6-10-24(27)26(21-13-14-21)18-19-8-7-9-22(17-19)30-31(28,29)23-15-11-20(25)12-16-23/h7-9,11-12,15-17,21H,2-6,10,13-14,18H2,1H3. The van der Waals surface area contributed by atoms with E-state index in [1.54, 1.807) is 18.2 Å². The van der Waals surface area contributed by atoms with Crippen molar-refractivity contribution in [3.63, 3.8) is 0 Å². The number of carbonyl (C=O) groups excluding carboxylic acids is 1. The van der Waals surface area contributed by atoms with Crippen LogP contribution < -0.4 is 4.18 Å². The van der Waals surface area contributed by atoms with E-state index in [4.69, 9.17) is 4.18 Å². The summed E-state index contributed by atoms with van der Waals surface area (Å²) in [5, 5.41) is 0. The molecule has 0 unspecified atom stereocenters. The maximum absolute atomic E-state index is 13.1. The Kier molecular flexibility index (Phi) is 8.07. The van der Waals surface area contributed by atoms with Gasteiger partial charge in [0.2, 0.25) is 5.91 Å². The number of unbranched alkanes of at least 4 members (excludes halogenated alkanes) is 4. The largest absolute Gasteiger partial charge is 0.379 e. The molecule has 0 spiro atoms. The van der Waals surface area contributed by atoms with Crippen LogP contribution >= 0.6 is 0 Å². The predicted molar refractivity (Wildman–Crippen MR) is 118 cm³/mol. The average molecular weight is 448 g/mol. The van der Waals surface area contributed by atoms with Crippen molar-refractivity contribution in [1.29, 1.82) is 0 Å². The molecule has 1 amide bonds. The second-order valence-electron chi connectivity index (χ2n) is 8.06. The monoisotopic (exact) mass is 447 g/mol. The van der Waals surface area contributed by atoms with Crippen molar-refractivity contribution < 1.29 is 21.8 Å². The summed E-state index contributed by atoms with van der Waals surface area (Å²) in [6.07, 6.45) is 8.09. The maximum atomic E-state index is 13.1. The highest BCUT2D eigenvalue weighted by atomic mass is 32.2. The smallest absolute Gasteiger partial charge is 0.339 e. The first-order valence-electron chi connectivity index (χ1n) is 11.0. The lowest BCUT2D eigenvalue weighted by atomic mass is 10.1. The summed E-state index contributed by atoms with van der Waals surface area (Å²) < 4.78 is 43.2. The number of hydrogen-bond donors (Lipinski definition) is 0. The van der Waals surface area contributed by atoms with Gasteiger partial charge in [-0.05, 0) is 61.2 Å². The van der Waals surface area contributed by atoms with Crippen molar-refractivity contribution in [3.05, 3.63) is 59.9 Å². The number of amides is 1. The highest BCUT2D eigenvalue weighted by Gasteiger charge is 2.32. The molecule has 7 heteroatoms. The van der Waals surface area contributed by atoms with Crippen molar-refractivity contribution in [2.75, 3.05) is 0 Å². The molecule has 0 aliphatic heterocycles. The predicted octanol–water partition coefficient (Wildman–Crippen LogP) is 5.44. The molecule has 0 bridgehead atoms. The van der Waals surface area contributed by atoms with E-state index in [1.807, 2.05) is 11.0 Å². The van der Waals surface area contributed by atoms with Crippen molar-refractivity contribution in [2.45, 2.75) is 75.8 Å². The molecule has 3 rings (SSSR count). The summed E-state index contributed by atoms with van der Waals surface area (Å²) in [6, 6.07) is 11.5. The Morgan fingerprint density at radius 1 is 1.06 bits per heavy atom. The van der Waals surface area contributed by atoms with Gasteiger partial charge in [-0.1, -0.05) is 44.7 Å². The minimum absolute atomic E-state index is 0.114. The minimum atomic E-state index is -4.06. The van der Waals surface area contributed by atoms with Crippen molar-refractivity contribution >= 4 is 16.0 Å². The van der Waals surface area contributed by atoms with E-state index in [0.717, 1.165) is 49.8 Å². The molecule has 0 atom stereocenters. The van der Waals surface area contributed by atoms with E-state index in [-0.39, 0.29) is 22.6 Å². The molecule has 1 fully saturated rings. The minimum Gasteiger partial charge on any atom is -0.379 e. The lowest BCUT2D eigenvalue weighted by Gasteiger charge is -2.23. The average Bonchev–Trinajstić information content (AvgIpc) is 3.57. The molecule has 168 valence electrons. The van der Waals surface area contributed by atoms with E-state index in [2.05, 4.69) is 6.92 Å². The Labute approximate surface area is 184 Å². The second kappa shape index (κ2) is 10.8. The summed E-state index contributed by atoms with van der Waals surface area (Å²) in [7, 11) is -4.06. The van der Waals surface area contributed by atoms with E-state index >= 15 is 0 Å². The molecule has 0 saturated heterocycles. The van der Waals surface area contributed by atoms with Crippen LogP contribution in [-0.2, 0) is 21.5 Å². The van der Waals surface area contributed by atoms with Crippen LogP contribution in [0.25, 0.3) is 0 Å². The molecule has 0 N–H and O–H groups in total. The zero-order valence-electron chi connectivity index (χ0n) is 17.9. The Balaban J connectivity index is 1.63. The number of rotatable bonds is 12. The van der Waals surface area contributed by atoms with Gasteiger partial charge >= 0.3 is 10.1 Å². The summed E-state index contributed by atoms with van der Waals surface area (Å²) in [5.74, 6) is -0.190. The van der Waals surface area contributed by atoms with Gasteiger partial charge in [-0.15, -0.1) is 0 Å². The van der Waals surface area contributed by atoms with Gasteiger partial charge < -0.3 is 9.08 Å². The highest BCUT2D eigenvalue weighted by molar-refractivity contribution is 7.87. The molecule has 0 aromatic heterocycles. The zero-order valence-corrected chi connectivity index (χ0v) is 18.7. The first-order valence-corrected chi connectivity index (χ1v) is 12.4. The van der Waals surface area contributed by atoms with Gasteiger partial charge in [0.05, 0.1) is 0 Å². The number of hydrogen-bond acceptors (Lipinski definition) is 4. The fourth-order valence-corrected chi connectivity index (χ4v) is 4.42. The molecule has 1 aliphatic rings. The van der Waals surface area contributed by atoms with Crippen LogP contribution in [0, 0.1) is 5.82 Å². The third-order valence-electron chi connectivity index (χ3n) is 5.36. The van der Waals surface area contributed by atoms with Crippen LogP contribution in [0.3, 0.4) is 0 Å². The number of nitrogens with zero attached hydrogens (tertiary/aromatic N) is 1. The third kappa shape index (κ3) is 7.06. The Morgan fingerprint density at radius 3 is 2.45 bits per heavy atom. The molecule has 0 radical (unpaired) electrons. The van der Waals surface area contributed by atoms with Crippen LogP contribution in [0.15, 0.2) is 53.4 Å². The number of carbonyl (C=O) groups is 1. The second-order valence-corrected chi connectivity index (χ2v) is 9.60. The van der Waals surface area contributed by atoms with Gasteiger partial charge in [0, 0.05) is 19.0 Å². The van der Waals surface area contributed by atoms with E-state index < -0.39 is 15.9 Å². The van der Waals surface area contributed by atoms with Crippen LogP contribution in [0.2, 0.25) is 0 Å². The third-order valence-corrected chi connectivity index (χ3v) is 6.62. The molecule has 5 nitrogen and oxygen atoms in total. The number of halogens is 1. The zero-order chi connectivity index (χ0) is 22.3. The SMILES string of the molecule is CCCCCCCC(=O)N(Cc1cccc(OS(=O)(=O)c2ccc(F)cc2)c1)C1CC1. The van der Waals surface area contributed by atoms with Crippen LogP contribution in [-0.4, -0.2) is 25.3 Å². The first-order chi connectivity index (χ1) is 14.9. The fraction of sp³-hybridized carbons (Fsp3) is 0.458. The lowest BCUT2D eigenvalue weighted by Crippen LogP contribution is -2.32. The topological polar surface area (TPSA) is 63.7 Å². The number of benzene rings is 2. The molecule has 1 saturated carbocycles. The van der Waals surface area contributed by atoms with Gasteiger partial charge in [0.1, 0.15) is 16.5 Å². The van der Waals surface area contributed by atoms with Crippen molar-refractivity contribution in [2.24, 2.45) is 0 Å². The summed E-state index contributed by atoms with van der Waals surface area (Å²) in [4.78, 5) is 14.6. The Bertz CT molecular complexity index is 971. The highest BCUT2D eigenvalue weighted by Crippen LogP contribution is 2.30. The maximum Gasteiger partial charge on any atom is 0.339 e. The van der Waals surface area contributed by atoms with Crippen molar-refractivity contribution in [1.82, 2.24) is 4.90 Å². The van der Waals surface area contributed by atoms with E-state index in [0.29, 0.717) is 13.0 Å². The molecular weight excluding hydrogens is 417 g/mol. The summed E-state index contributed by atoms with van der Waals surface area (Å²) in [6.45, 7) is 2.61. The van der Waals surface area contributed by atoms with Crippen molar-refractivity contribution in [3.8, 4) is 5.75 Å². The van der Waals surface area contributed by atoms with Crippen LogP contribution in [0.5, 0.6) is 5.75 Å². The van der Waals surface area contributed by atoms with Gasteiger partial charge in [-0.3, -0.25) is 4.79 Å². The Hall–Kier alpha value is -2.41. The summed E-state index contributed by atoms with van der Waals surface area (Å²) >= 11 is 0.